The number of carbonyl (C=O) groups is 2. The first-order chi connectivity index (χ1) is 13.0. The first-order valence-electron chi connectivity index (χ1n) is 8.89. The maximum absolute atomic E-state index is 13.6. The van der Waals surface area contributed by atoms with Gasteiger partial charge >= 0.3 is 0 Å². The molecule has 2 amide bonds. The standard InChI is InChI=1S/C20H23FN4O2.ClH/c1-14(26)23-17-6-3-7-18(11-17)24-20(27)13-25-9-8-22-12-19(25)15-4-2-5-16(21)10-15;/h2-7,10-11,19,22H,8-9,12-13H2,1H3,(H,23,26)(H,24,27);1H. The van der Waals surface area contributed by atoms with Crippen LogP contribution in [0.5, 0.6) is 0 Å². The fraction of sp³-hybridized carbons (Fsp3) is 0.300. The van der Waals surface area contributed by atoms with Crippen molar-refractivity contribution in [1.29, 1.82) is 0 Å². The Morgan fingerprint density at radius 1 is 1.14 bits per heavy atom. The second-order valence-corrected chi connectivity index (χ2v) is 6.56. The maximum Gasteiger partial charge on any atom is 0.238 e. The van der Waals surface area contributed by atoms with Crippen LogP contribution >= 0.6 is 12.4 Å². The van der Waals surface area contributed by atoms with Gasteiger partial charge in [-0.25, -0.2) is 4.39 Å². The van der Waals surface area contributed by atoms with E-state index in [9.17, 15) is 14.0 Å². The second-order valence-electron chi connectivity index (χ2n) is 6.56. The normalized spacial score (nSPS) is 16.7. The van der Waals surface area contributed by atoms with E-state index in [2.05, 4.69) is 16.0 Å². The summed E-state index contributed by atoms with van der Waals surface area (Å²) in [5.41, 5.74) is 2.09. The van der Waals surface area contributed by atoms with E-state index in [4.69, 9.17) is 0 Å². The summed E-state index contributed by atoms with van der Waals surface area (Å²) in [5, 5.41) is 8.84. The number of benzene rings is 2. The Morgan fingerprint density at radius 3 is 2.57 bits per heavy atom. The van der Waals surface area contributed by atoms with Gasteiger partial charge in [-0.15, -0.1) is 12.4 Å². The van der Waals surface area contributed by atoms with Crippen molar-refractivity contribution < 1.29 is 14.0 Å². The van der Waals surface area contributed by atoms with E-state index in [1.165, 1.54) is 19.1 Å². The molecule has 28 heavy (non-hydrogen) atoms. The molecular weight excluding hydrogens is 383 g/mol. The molecule has 0 spiro atoms. The van der Waals surface area contributed by atoms with Gasteiger partial charge in [0.05, 0.1) is 6.54 Å². The van der Waals surface area contributed by atoms with Gasteiger partial charge in [0.1, 0.15) is 5.82 Å². The predicted octanol–water partition coefficient (Wildman–Crippen LogP) is 2.79. The Hall–Kier alpha value is -2.48. The number of anilines is 2. The number of amides is 2. The van der Waals surface area contributed by atoms with E-state index in [-0.39, 0.29) is 42.6 Å². The fourth-order valence-corrected chi connectivity index (χ4v) is 3.24. The van der Waals surface area contributed by atoms with Gasteiger partial charge in [0.15, 0.2) is 0 Å². The van der Waals surface area contributed by atoms with Crippen LogP contribution in [0.2, 0.25) is 0 Å². The molecule has 2 aromatic carbocycles. The van der Waals surface area contributed by atoms with Crippen molar-refractivity contribution in [2.45, 2.75) is 13.0 Å². The number of nitrogens with one attached hydrogen (secondary N) is 3. The van der Waals surface area contributed by atoms with E-state index in [0.717, 1.165) is 12.1 Å². The zero-order valence-corrected chi connectivity index (χ0v) is 16.4. The Morgan fingerprint density at radius 2 is 1.86 bits per heavy atom. The summed E-state index contributed by atoms with van der Waals surface area (Å²) in [5.74, 6) is -0.604. The van der Waals surface area contributed by atoms with Gasteiger partial charge < -0.3 is 16.0 Å². The van der Waals surface area contributed by atoms with Gasteiger partial charge in [-0.1, -0.05) is 18.2 Å². The predicted molar refractivity (Wildman–Crippen MR) is 110 cm³/mol. The van der Waals surface area contributed by atoms with E-state index >= 15 is 0 Å². The van der Waals surface area contributed by atoms with E-state index in [1.54, 1.807) is 30.3 Å². The first kappa shape index (κ1) is 21.8. The highest BCUT2D eigenvalue weighted by atomic mass is 35.5. The lowest BCUT2D eigenvalue weighted by Crippen LogP contribution is -2.48. The molecule has 0 aromatic heterocycles. The van der Waals surface area contributed by atoms with Crippen LogP contribution < -0.4 is 16.0 Å². The van der Waals surface area contributed by atoms with Crippen LogP contribution in [0, 0.1) is 5.82 Å². The molecule has 1 unspecified atom stereocenters. The third-order valence-electron chi connectivity index (χ3n) is 4.40. The van der Waals surface area contributed by atoms with Gasteiger partial charge in [0, 0.05) is 44.0 Å². The molecule has 1 aliphatic heterocycles. The minimum absolute atomic E-state index is 0. The molecule has 3 rings (SSSR count). The summed E-state index contributed by atoms with van der Waals surface area (Å²) in [6.07, 6.45) is 0. The number of rotatable bonds is 5. The van der Waals surface area contributed by atoms with E-state index < -0.39 is 0 Å². The van der Waals surface area contributed by atoms with Crippen LogP contribution in [-0.2, 0) is 9.59 Å². The van der Waals surface area contributed by atoms with Crippen molar-refractivity contribution in [2.75, 3.05) is 36.8 Å². The van der Waals surface area contributed by atoms with Crippen molar-refractivity contribution in [2.24, 2.45) is 0 Å². The van der Waals surface area contributed by atoms with E-state index in [0.29, 0.717) is 24.5 Å². The van der Waals surface area contributed by atoms with Crippen LogP contribution in [-0.4, -0.2) is 42.9 Å². The molecule has 0 bridgehead atoms. The molecule has 0 radical (unpaired) electrons. The summed E-state index contributed by atoms with van der Waals surface area (Å²) in [7, 11) is 0. The van der Waals surface area contributed by atoms with Crippen molar-refractivity contribution in [3.63, 3.8) is 0 Å². The molecular formula is C20H24ClFN4O2. The topological polar surface area (TPSA) is 73.5 Å². The van der Waals surface area contributed by atoms with Crippen molar-refractivity contribution in [3.8, 4) is 0 Å². The summed E-state index contributed by atoms with van der Waals surface area (Å²) >= 11 is 0. The number of halogens is 2. The van der Waals surface area contributed by atoms with Gasteiger partial charge in [0.2, 0.25) is 11.8 Å². The molecule has 1 fully saturated rings. The summed E-state index contributed by atoms with van der Waals surface area (Å²) in [4.78, 5) is 25.7. The molecule has 0 saturated carbocycles. The summed E-state index contributed by atoms with van der Waals surface area (Å²) in [6, 6.07) is 13.4. The Balaban J connectivity index is 0.00000280. The van der Waals surface area contributed by atoms with Crippen molar-refractivity contribution >= 4 is 35.6 Å². The molecule has 1 saturated heterocycles. The second kappa shape index (κ2) is 10.2. The Bertz CT molecular complexity index is 833. The lowest BCUT2D eigenvalue weighted by Gasteiger charge is -2.36. The highest BCUT2D eigenvalue weighted by molar-refractivity contribution is 5.94. The maximum atomic E-state index is 13.6. The third-order valence-corrected chi connectivity index (χ3v) is 4.40. The third kappa shape index (κ3) is 6.02. The SMILES string of the molecule is CC(=O)Nc1cccc(NC(=O)CN2CCNCC2c2cccc(F)c2)c1.Cl. The van der Waals surface area contributed by atoms with Crippen LogP contribution in [0.15, 0.2) is 48.5 Å². The minimum Gasteiger partial charge on any atom is -0.326 e. The van der Waals surface area contributed by atoms with Crippen LogP contribution in [0.1, 0.15) is 18.5 Å². The summed E-state index contributed by atoms with van der Waals surface area (Å²) < 4.78 is 13.6. The smallest absolute Gasteiger partial charge is 0.238 e. The number of hydrogen-bond acceptors (Lipinski definition) is 4. The van der Waals surface area contributed by atoms with Crippen LogP contribution in [0.3, 0.4) is 0 Å². The molecule has 1 aliphatic rings. The molecule has 8 heteroatoms. The highest BCUT2D eigenvalue weighted by Gasteiger charge is 2.25. The number of hydrogen-bond donors (Lipinski definition) is 3. The Kier molecular flexibility index (Phi) is 7.92. The molecule has 3 N–H and O–H groups in total. The van der Waals surface area contributed by atoms with Gasteiger partial charge in [0.25, 0.3) is 0 Å². The number of nitrogens with zero attached hydrogens (tertiary/aromatic N) is 1. The molecule has 150 valence electrons. The molecule has 1 atom stereocenters. The van der Waals surface area contributed by atoms with E-state index in [1.807, 2.05) is 11.0 Å². The van der Waals surface area contributed by atoms with Crippen LogP contribution in [0.25, 0.3) is 0 Å². The molecule has 0 aliphatic carbocycles. The van der Waals surface area contributed by atoms with Gasteiger partial charge in [-0.3, -0.25) is 14.5 Å². The monoisotopic (exact) mass is 406 g/mol. The zero-order chi connectivity index (χ0) is 19.2. The van der Waals surface area contributed by atoms with Crippen LogP contribution in [0.4, 0.5) is 15.8 Å². The minimum atomic E-state index is -0.280. The average molecular weight is 407 g/mol. The number of carbonyl (C=O) groups excluding carboxylic acids is 2. The zero-order valence-electron chi connectivity index (χ0n) is 15.6. The molecule has 6 nitrogen and oxygen atoms in total. The number of piperazine rings is 1. The highest BCUT2D eigenvalue weighted by Crippen LogP contribution is 2.23. The largest absolute Gasteiger partial charge is 0.326 e. The average Bonchev–Trinajstić information content (AvgIpc) is 2.62. The fourth-order valence-electron chi connectivity index (χ4n) is 3.24. The molecule has 2 aromatic rings. The molecule has 1 heterocycles. The summed E-state index contributed by atoms with van der Waals surface area (Å²) in [6.45, 7) is 3.77. The lowest BCUT2D eigenvalue weighted by atomic mass is 10.0. The lowest BCUT2D eigenvalue weighted by molar-refractivity contribution is -0.118. The quantitative estimate of drug-likeness (QED) is 0.714. The van der Waals surface area contributed by atoms with Gasteiger partial charge in [-0.2, -0.15) is 0 Å². The van der Waals surface area contributed by atoms with Gasteiger partial charge in [-0.05, 0) is 35.9 Å². The van der Waals surface area contributed by atoms with Crippen molar-refractivity contribution in [3.05, 3.63) is 59.9 Å². The first-order valence-corrected chi connectivity index (χ1v) is 8.89. The van der Waals surface area contributed by atoms with Crippen molar-refractivity contribution in [1.82, 2.24) is 10.2 Å². The Labute approximate surface area is 169 Å².